The van der Waals surface area contributed by atoms with Crippen LogP contribution in [0.5, 0.6) is 6.01 Å². The second kappa shape index (κ2) is 14.1. The number of aromatic nitrogens is 2. The molecule has 0 aliphatic carbocycles. The lowest BCUT2D eigenvalue weighted by Gasteiger charge is -2.56. The summed E-state index contributed by atoms with van der Waals surface area (Å²) < 4.78 is 72.9. The van der Waals surface area contributed by atoms with Crippen LogP contribution < -0.4 is 15.0 Å². The number of hydrogen-bond donors (Lipinski definition) is 1. The number of piperidine rings is 1. The zero-order chi connectivity index (χ0) is 41.8. The van der Waals surface area contributed by atoms with E-state index in [4.69, 9.17) is 28.9 Å². The van der Waals surface area contributed by atoms with Crippen LogP contribution in [0.15, 0.2) is 12.1 Å². The number of carbonyl (C=O) groups excluding carboxylic acids is 2. The van der Waals surface area contributed by atoms with Crippen LogP contribution in [0.25, 0.3) is 32.1 Å². The van der Waals surface area contributed by atoms with Crippen LogP contribution >= 0.6 is 11.3 Å². The molecule has 7 heterocycles. The molecular weight excluding hydrogens is 788 g/mol. The lowest BCUT2D eigenvalue weighted by molar-refractivity contribution is 0.00841. The molecule has 5 aliphatic rings. The van der Waals surface area contributed by atoms with Crippen molar-refractivity contribution in [3.8, 4) is 23.2 Å². The number of fused-ring (bicyclic) bond motifs is 7. The van der Waals surface area contributed by atoms with Gasteiger partial charge < -0.3 is 28.7 Å². The Balaban J connectivity index is 1.19. The summed E-state index contributed by atoms with van der Waals surface area (Å²) in [4.78, 5) is 41.5. The van der Waals surface area contributed by atoms with Gasteiger partial charge in [-0.15, -0.1) is 11.3 Å². The zero-order valence-electron chi connectivity index (χ0n) is 33.8. The fraction of sp³-hybridized carbons (Fsp3) is 0.548. The van der Waals surface area contributed by atoms with E-state index in [-0.39, 0.29) is 70.5 Å². The number of ether oxygens (including phenoxy) is 4. The van der Waals surface area contributed by atoms with E-state index in [1.807, 2.05) is 20.8 Å². The Morgan fingerprint density at radius 1 is 1.02 bits per heavy atom. The molecule has 59 heavy (non-hydrogen) atoms. The van der Waals surface area contributed by atoms with Crippen LogP contribution in [0.1, 0.15) is 83.9 Å². The lowest BCUT2D eigenvalue weighted by atomic mass is 9.86. The minimum atomic E-state index is -0.990. The quantitative estimate of drug-likeness (QED) is 0.201. The van der Waals surface area contributed by atoms with Crippen molar-refractivity contribution < 1.29 is 41.7 Å². The number of thiophene rings is 1. The van der Waals surface area contributed by atoms with Gasteiger partial charge in [0.05, 0.1) is 41.8 Å². The zero-order valence-corrected chi connectivity index (χ0v) is 34.7. The second-order valence-corrected chi connectivity index (χ2v) is 19.3. The Hall–Kier alpha value is -4.92. The van der Waals surface area contributed by atoms with Crippen LogP contribution in [0, 0.1) is 23.0 Å². The molecule has 2 unspecified atom stereocenters. The molecule has 17 heteroatoms. The van der Waals surface area contributed by atoms with Gasteiger partial charge in [-0.1, -0.05) is 0 Å². The minimum Gasteiger partial charge on any atom is -0.461 e. The first-order chi connectivity index (χ1) is 27.9. The largest absolute Gasteiger partial charge is 0.461 e. The highest BCUT2D eigenvalue weighted by molar-refractivity contribution is 7.23. The molecule has 2 bridgehead atoms. The first-order valence-electron chi connectivity index (χ1n) is 20.0. The topological polar surface area (TPSA) is 142 Å². The predicted molar refractivity (Wildman–Crippen MR) is 214 cm³/mol. The highest BCUT2D eigenvalue weighted by Gasteiger charge is 2.51. The van der Waals surface area contributed by atoms with Crippen LogP contribution in [0.3, 0.4) is 0 Å². The number of nitrogens with zero attached hydrogens (tertiary/aromatic N) is 6. The second-order valence-electron chi connectivity index (χ2n) is 18.2. The number of nitrogens with one attached hydrogen (secondary N) is 1. The number of piperazine rings is 1. The van der Waals surface area contributed by atoms with Crippen LogP contribution in [0.4, 0.5) is 33.6 Å². The molecule has 0 spiro atoms. The summed E-state index contributed by atoms with van der Waals surface area (Å²) in [7, 11) is 0. The third kappa shape index (κ3) is 6.86. The van der Waals surface area contributed by atoms with Crippen molar-refractivity contribution in [1.82, 2.24) is 19.8 Å². The lowest BCUT2D eigenvalue weighted by Crippen LogP contribution is -2.70. The number of likely N-dealkylation sites (tertiary alicyclic amines) is 1. The molecule has 0 radical (unpaired) electrons. The van der Waals surface area contributed by atoms with E-state index in [1.165, 1.54) is 12.1 Å². The molecule has 0 saturated carbocycles. The van der Waals surface area contributed by atoms with Gasteiger partial charge in [-0.2, -0.15) is 15.2 Å². The number of rotatable bonds is 6. The maximum Gasteiger partial charge on any atom is 0.412 e. The van der Waals surface area contributed by atoms with Crippen molar-refractivity contribution in [2.45, 2.75) is 115 Å². The molecule has 2 amide bonds. The predicted octanol–water partition coefficient (Wildman–Crippen LogP) is 8.19. The van der Waals surface area contributed by atoms with E-state index in [0.29, 0.717) is 53.1 Å². The van der Waals surface area contributed by atoms with Crippen LogP contribution in [-0.4, -0.2) is 99.7 Å². The summed E-state index contributed by atoms with van der Waals surface area (Å²) in [5.74, 6) is -1.23. The molecule has 4 atom stereocenters. The average molecular weight is 834 g/mol. The molecule has 4 fully saturated rings. The Kier molecular flexibility index (Phi) is 9.44. The van der Waals surface area contributed by atoms with Gasteiger partial charge in [0.15, 0.2) is 5.82 Å². The first kappa shape index (κ1) is 39.5. The highest BCUT2D eigenvalue weighted by Crippen LogP contribution is 2.50. The highest BCUT2D eigenvalue weighted by atomic mass is 32.1. The maximum atomic E-state index is 17.8. The third-order valence-corrected chi connectivity index (χ3v) is 12.9. The molecule has 4 saturated heterocycles. The van der Waals surface area contributed by atoms with Gasteiger partial charge in [0.1, 0.15) is 52.2 Å². The number of amides is 2. The van der Waals surface area contributed by atoms with Crippen molar-refractivity contribution in [1.29, 1.82) is 5.26 Å². The Morgan fingerprint density at radius 2 is 1.75 bits per heavy atom. The summed E-state index contributed by atoms with van der Waals surface area (Å²) in [6.07, 6.45) is 0.508. The molecule has 4 aromatic rings. The number of anilines is 2. The normalized spacial score (nSPS) is 23.9. The van der Waals surface area contributed by atoms with E-state index >= 15 is 8.78 Å². The number of nitriles is 1. The number of alkyl halides is 1. The average Bonchev–Trinajstić information content (AvgIpc) is 3.92. The van der Waals surface area contributed by atoms with Gasteiger partial charge in [-0.05, 0) is 90.6 Å². The SMILES string of the molecule is CC(C)(C)OC(=O)Nc1sc2ccc(F)c(-c3c4c(c5c(N6C7CC6CN(C(=O)OC(C)(C)C)C7)nc(OC[C@@]67CCCN6C[C@H](F)C7)nc5c3F)COC4)c2c1C#N. The third-order valence-electron chi connectivity index (χ3n) is 11.9. The summed E-state index contributed by atoms with van der Waals surface area (Å²) in [6.45, 7) is 12.4. The van der Waals surface area contributed by atoms with E-state index < -0.39 is 46.7 Å². The summed E-state index contributed by atoms with van der Waals surface area (Å²) in [5, 5.41) is 13.7. The van der Waals surface area contributed by atoms with Crippen LogP contribution in [-0.2, 0) is 27.4 Å². The van der Waals surface area contributed by atoms with Crippen LogP contribution in [0.2, 0.25) is 0 Å². The van der Waals surface area contributed by atoms with E-state index in [1.54, 1.807) is 25.7 Å². The fourth-order valence-electron chi connectivity index (χ4n) is 9.58. The van der Waals surface area contributed by atoms with Crippen molar-refractivity contribution in [2.24, 2.45) is 0 Å². The van der Waals surface area contributed by atoms with E-state index in [0.717, 1.165) is 37.1 Å². The smallest absolute Gasteiger partial charge is 0.412 e. The summed E-state index contributed by atoms with van der Waals surface area (Å²) >= 11 is 1.05. The number of halogens is 3. The molecule has 5 aliphatic heterocycles. The number of hydrogen-bond acceptors (Lipinski definition) is 12. The van der Waals surface area contributed by atoms with E-state index in [2.05, 4.69) is 21.2 Å². The Labute approximate surface area is 343 Å². The monoisotopic (exact) mass is 833 g/mol. The Bertz CT molecular complexity index is 2450. The molecular formula is C42H46F3N7O6S. The van der Waals surface area contributed by atoms with Crippen molar-refractivity contribution in [2.75, 3.05) is 43.0 Å². The van der Waals surface area contributed by atoms with Gasteiger partial charge in [0.25, 0.3) is 0 Å². The van der Waals surface area contributed by atoms with Crippen molar-refractivity contribution >= 4 is 55.3 Å². The van der Waals surface area contributed by atoms with Crippen molar-refractivity contribution in [3.63, 3.8) is 0 Å². The molecule has 2 aromatic carbocycles. The minimum absolute atomic E-state index is 0.0454. The van der Waals surface area contributed by atoms with Gasteiger partial charge in [-0.25, -0.2) is 22.8 Å². The van der Waals surface area contributed by atoms with Gasteiger partial charge >= 0.3 is 18.2 Å². The fourth-order valence-corrected chi connectivity index (χ4v) is 10.6. The number of carbonyl (C=O) groups is 2. The molecule has 9 rings (SSSR count). The van der Waals surface area contributed by atoms with Crippen molar-refractivity contribution in [3.05, 3.63) is 40.5 Å². The first-order valence-corrected chi connectivity index (χ1v) is 20.8. The van der Waals surface area contributed by atoms with Gasteiger partial charge in [-0.3, -0.25) is 10.2 Å². The molecule has 1 N–H and O–H groups in total. The summed E-state index contributed by atoms with van der Waals surface area (Å²) in [6, 6.07) is 4.35. The molecule has 312 valence electrons. The molecule has 2 aromatic heterocycles. The van der Waals surface area contributed by atoms with Gasteiger partial charge in [0.2, 0.25) is 0 Å². The summed E-state index contributed by atoms with van der Waals surface area (Å²) in [5.41, 5.74) is -1.51. The van der Waals surface area contributed by atoms with Gasteiger partial charge in [0, 0.05) is 47.3 Å². The Morgan fingerprint density at radius 3 is 2.46 bits per heavy atom. The number of benzene rings is 2. The maximum absolute atomic E-state index is 17.8. The molecule has 13 nitrogen and oxygen atoms in total. The van der Waals surface area contributed by atoms with E-state index in [9.17, 15) is 19.2 Å². The standard InChI is InChI=1S/C42H46F3N7O6S/c1-40(2,3)57-38(53)49-36-24(14-46)29-28(59-36)9-8-27(44)32(29)30-25-18-55-19-26(25)31-34(33(30)45)47-37(56-20-42-10-7-11-51(42)15-21(43)13-42)48-35(31)52-22-12-23(52)17-50(16-22)39(54)58-41(4,5)6/h8-9,21-23H,7,10-13,15-20H2,1-6H3,(H,49,53)/t21-,22?,23?,42+/m1/s1.